The van der Waals surface area contributed by atoms with Crippen LogP contribution >= 0.6 is 23.1 Å². The Balaban J connectivity index is 1.96. The van der Waals surface area contributed by atoms with E-state index >= 15 is 0 Å². The molecular weight excluding hydrogens is 446 g/mol. The van der Waals surface area contributed by atoms with E-state index in [4.69, 9.17) is 9.47 Å². The van der Waals surface area contributed by atoms with Crippen molar-refractivity contribution in [1.29, 1.82) is 0 Å². The molecule has 10 nitrogen and oxygen atoms in total. The van der Waals surface area contributed by atoms with E-state index < -0.39 is 23.4 Å². The Kier molecular flexibility index (Phi) is 9.40. The molecule has 0 spiro atoms. The van der Waals surface area contributed by atoms with Gasteiger partial charge in [0.05, 0.1) is 17.1 Å². The molecule has 0 saturated carbocycles. The number of thiazole rings is 1. The molecule has 1 amide bonds. The lowest BCUT2D eigenvalue weighted by Crippen LogP contribution is -2.30. The lowest BCUT2D eigenvalue weighted by atomic mass is 10.2. The van der Waals surface area contributed by atoms with Crippen LogP contribution in [0.2, 0.25) is 0 Å². The summed E-state index contributed by atoms with van der Waals surface area (Å²) in [5, 5.41) is 15.5. The van der Waals surface area contributed by atoms with Gasteiger partial charge in [0, 0.05) is 41.1 Å². The third kappa shape index (κ3) is 7.98. The number of hydrogen-bond donors (Lipinski definition) is 1. The van der Waals surface area contributed by atoms with Crippen molar-refractivity contribution in [1.82, 2.24) is 10.3 Å². The maximum absolute atomic E-state index is 12.5. The molecule has 0 aliphatic carbocycles. The molecule has 1 heterocycles. The van der Waals surface area contributed by atoms with E-state index in [1.807, 2.05) is 12.3 Å². The number of esters is 2. The van der Waals surface area contributed by atoms with E-state index in [0.717, 1.165) is 11.8 Å². The molecule has 1 N–H and O–H groups in total. The minimum Gasteiger partial charge on any atom is -0.466 e. The predicted octanol–water partition coefficient (Wildman–Crippen LogP) is 3.13. The van der Waals surface area contributed by atoms with Crippen molar-refractivity contribution in [2.45, 2.75) is 35.9 Å². The van der Waals surface area contributed by atoms with Gasteiger partial charge in [0.25, 0.3) is 11.6 Å². The Bertz CT molecular complexity index is 962. The van der Waals surface area contributed by atoms with Gasteiger partial charge in [-0.3, -0.25) is 19.7 Å². The maximum atomic E-state index is 12.5. The van der Waals surface area contributed by atoms with Gasteiger partial charge in [0.1, 0.15) is 0 Å². The summed E-state index contributed by atoms with van der Waals surface area (Å²) in [5.41, 5.74) is 0.523. The van der Waals surface area contributed by atoms with Gasteiger partial charge < -0.3 is 14.8 Å². The lowest BCUT2D eigenvalue weighted by molar-refractivity contribution is -0.384. The Labute approximate surface area is 186 Å². The van der Waals surface area contributed by atoms with E-state index in [2.05, 4.69) is 10.3 Å². The quantitative estimate of drug-likeness (QED) is 0.228. The van der Waals surface area contributed by atoms with Crippen LogP contribution in [0.3, 0.4) is 0 Å². The topological polar surface area (TPSA) is 138 Å². The van der Waals surface area contributed by atoms with Gasteiger partial charge >= 0.3 is 11.9 Å². The second-order valence-electron chi connectivity index (χ2n) is 6.13. The van der Waals surface area contributed by atoms with Crippen LogP contribution in [0.4, 0.5) is 5.69 Å². The number of hydrogen-bond acceptors (Lipinski definition) is 10. The van der Waals surface area contributed by atoms with Crippen molar-refractivity contribution in [3.8, 4) is 0 Å². The number of benzene rings is 1. The fraction of sp³-hybridized carbons (Fsp3) is 0.368. The van der Waals surface area contributed by atoms with Crippen LogP contribution in [0.25, 0.3) is 0 Å². The van der Waals surface area contributed by atoms with Crippen LogP contribution in [-0.2, 0) is 19.1 Å². The molecule has 0 atom stereocenters. The monoisotopic (exact) mass is 467 g/mol. The highest BCUT2D eigenvalue weighted by atomic mass is 32.2. The number of carbonyl (C=O) groups excluding carboxylic acids is 3. The van der Waals surface area contributed by atoms with Crippen LogP contribution in [0.15, 0.2) is 32.8 Å². The smallest absolute Gasteiger partial charge is 0.340 e. The van der Waals surface area contributed by atoms with Crippen molar-refractivity contribution in [2.24, 2.45) is 0 Å². The average Bonchev–Trinajstić information content (AvgIpc) is 3.14. The minimum atomic E-state index is -0.860. The van der Waals surface area contributed by atoms with Crippen LogP contribution in [0, 0.1) is 17.0 Å². The molecule has 0 saturated heterocycles. The maximum Gasteiger partial charge on any atom is 0.340 e. The molecule has 0 aliphatic rings. The summed E-state index contributed by atoms with van der Waals surface area (Å²) in [5.74, 6) is -1.76. The zero-order chi connectivity index (χ0) is 22.8. The molecule has 0 bridgehead atoms. The number of nitrogens with one attached hydrogen (secondary N) is 1. The fourth-order valence-corrected chi connectivity index (χ4v) is 4.20. The number of rotatable bonds is 11. The van der Waals surface area contributed by atoms with E-state index in [1.165, 1.54) is 35.2 Å². The van der Waals surface area contributed by atoms with Crippen molar-refractivity contribution in [3.63, 3.8) is 0 Å². The average molecular weight is 468 g/mol. The molecule has 1 aromatic carbocycles. The summed E-state index contributed by atoms with van der Waals surface area (Å²) in [6, 6.07) is 3.85. The third-order valence-electron chi connectivity index (χ3n) is 3.71. The molecule has 0 unspecified atom stereocenters. The number of nitro benzene ring substituents is 1. The molecular formula is C19H21N3O7S2. The summed E-state index contributed by atoms with van der Waals surface area (Å²) in [6.45, 7) is 3.49. The Morgan fingerprint density at radius 3 is 2.71 bits per heavy atom. The van der Waals surface area contributed by atoms with Gasteiger partial charge in [-0.25, -0.2) is 9.78 Å². The summed E-state index contributed by atoms with van der Waals surface area (Å²) in [4.78, 5) is 50.8. The van der Waals surface area contributed by atoms with Gasteiger partial charge in [0.2, 0.25) is 0 Å². The van der Waals surface area contributed by atoms with Crippen molar-refractivity contribution in [3.05, 3.63) is 45.0 Å². The number of aromatic nitrogens is 1. The number of nitro groups is 1. The standard InChI is InChI=1S/C19H21N3O7S2/c1-3-28-17(24)5-4-8-20-16(23)10-29-18(25)14-9-13(22(26)27)6-7-15(14)31-19-21-12(2)11-30-19/h6-7,9,11H,3-5,8,10H2,1-2H3,(H,20,23). The SMILES string of the molecule is CCOC(=O)CCCNC(=O)COC(=O)c1cc([N+](=O)[O-])ccc1Sc1nc(C)cs1. The zero-order valence-electron chi connectivity index (χ0n) is 16.9. The summed E-state index contributed by atoms with van der Waals surface area (Å²) in [6.07, 6.45) is 0.551. The molecule has 0 fully saturated rings. The molecule has 2 rings (SSSR count). The van der Waals surface area contributed by atoms with Crippen molar-refractivity contribution < 1.29 is 28.8 Å². The Morgan fingerprint density at radius 1 is 1.29 bits per heavy atom. The molecule has 166 valence electrons. The minimum absolute atomic E-state index is 0.0258. The number of nitrogens with zero attached hydrogens (tertiary/aromatic N) is 2. The van der Waals surface area contributed by atoms with Gasteiger partial charge in [-0.1, -0.05) is 11.8 Å². The summed E-state index contributed by atoms with van der Waals surface area (Å²) >= 11 is 2.56. The first-order valence-corrected chi connectivity index (χ1v) is 11.0. The van der Waals surface area contributed by atoms with Crippen molar-refractivity contribution in [2.75, 3.05) is 19.8 Å². The second kappa shape index (κ2) is 12.0. The molecule has 31 heavy (non-hydrogen) atoms. The number of amides is 1. The zero-order valence-corrected chi connectivity index (χ0v) is 18.5. The van der Waals surface area contributed by atoms with Gasteiger partial charge in [-0.15, -0.1) is 11.3 Å². The Morgan fingerprint density at radius 2 is 2.06 bits per heavy atom. The lowest BCUT2D eigenvalue weighted by Gasteiger charge is -2.09. The number of non-ortho nitro benzene ring substituents is 1. The fourth-order valence-electron chi connectivity index (χ4n) is 2.31. The van der Waals surface area contributed by atoms with Gasteiger partial charge in [-0.2, -0.15) is 0 Å². The highest BCUT2D eigenvalue weighted by molar-refractivity contribution is 8.01. The van der Waals surface area contributed by atoms with E-state index in [9.17, 15) is 24.5 Å². The molecule has 0 aliphatic heterocycles. The summed E-state index contributed by atoms with van der Waals surface area (Å²) < 4.78 is 10.5. The predicted molar refractivity (Wildman–Crippen MR) is 113 cm³/mol. The second-order valence-corrected chi connectivity index (χ2v) is 8.28. The van der Waals surface area contributed by atoms with Crippen LogP contribution in [-0.4, -0.2) is 47.5 Å². The molecule has 0 radical (unpaired) electrons. The molecule has 12 heteroatoms. The number of carbonyl (C=O) groups is 3. The van der Waals surface area contributed by atoms with Crippen molar-refractivity contribution >= 4 is 46.6 Å². The number of ether oxygens (including phenoxy) is 2. The third-order valence-corrected chi connectivity index (χ3v) is 5.84. The summed E-state index contributed by atoms with van der Waals surface area (Å²) in [7, 11) is 0. The highest BCUT2D eigenvalue weighted by Crippen LogP contribution is 2.34. The first kappa shape index (κ1) is 24.3. The van der Waals surface area contributed by atoms with E-state index in [-0.39, 0.29) is 30.2 Å². The van der Waals surface area contributed by atoms with Crippen LogP contribution in [0.5, 0.6) is 0 Å². The first-order chi connectivity index (χ1) is 14.8. The largest absolute Gasteiger partial charge is 0.466 e. The van der Waals surface area contributed by atoms with Gasteiger partial charge in [0.15, 0.2) is 10.9 Å². The first-order valence-electron chi connectivity index (χ1n) is 9.28. The van der Waals surface area contributed by atoms with Crippen LogP contribution in [0.1, 0.15) is 35.8 Å². The van der Waals surface area contributed by atoms with E-state index in [1.54, 1.807) is 6.92 Å². The normalized spacial score (nSPS) is 10.4. The number of aryl methyl sites for hydroxylation is 1. The molecule has 1 aromatic heterocycles. The van der Waals surface area contributed by atoms with E-state index in [0.29, 0.717) is 22.3 Å². The highest BCUT2D eigenvalue weighted by Gasteiger charge is 2.20. The Hall–Kier alpha value is -2.99. The molecule has 2 aromatic rings. The van der Waals surface area contributed by atoms with Crippen LogP contribution < -0.4 is 5.32 Å². The van der Waals surface area contributed by atoms with Gasteiger partial charge in [-0.05, 0) is 26.3 Å².